The van der Waals surface area contributed by atoms with Gasteiger partial charge in [0.15, 0.2) is 0 Å². The molecule has 0 aliphatic heterocycles. The van der Waals surface area contributed by atoms with Crippen molar-refractivity contribution in [3.63, 3.8) is 0 Å². The molecule has 0 aliphatic carbocycles. The van der Waals surface area contributed by atoms with Crippen molar-refractivity contribution in [2.75, 3.05) is 5.32 Å². The molecule has 110 valence electrons. The van der Waals surface area contributed by atoms with Gasteiger partial charge in [0.2, 0.25) is 0 Å². The smallest absolute Gasteiger partial charge is 0.280 e. The van der Waals surface area contributed by atoms with Crippen molar-refractivity contribution < 1.29 is 0 Å². The Balaban J connectivity index is 2.04. The van der Waals surface area contributed by atoms with Crippen molar-refractivity contribution in [2.45, 2.75) is 0 Å². The predicted molar refractivity (Wildman–Crippen MR) is 88.5 cm³/mol. The molecule has 5 nitrogen and oxygen atoms in total. The summed E-state index contributed by atoms with van der Waals surface area (Å²) in [6.07, 6.45) is 3.26. The molecule has 0 unspecified atom stereocenters. The molecule has 0 saturated carbocycles. The molecule has 0 amide bonds. The molecule has 2 heterocycles. The molecule has 0 spiro atoms. The zero-order valence-corrected chi connectivity index (χ0v) is 12.3. The van der Waals surface area contributed by atoms with Crippen molar-refractivity contribution in [3.05, 3.63) is 74.6 Å². The second-order valence-corrected chi connectivity index (χ2v) is 5.06. The third-order valence-electron chi connectivity index (χ3n) is 3.10. The highest BCUT2D eigenvalue weighted by molar-refractivity contribution is 6.30. The number of rotatable bonds is 3. The van der Waals surface area contributed by atoms with Crippen LogP contribution in [0.5, 0.6) is 0 Å². The number of nitrogens with one attached hydrogen (secondary N) is 2. The summed E-state index contributed by atoms with van der Waals surface area (Å²) in [7, 11) is 0. The Labute approximate surface area is 131 Å². The van der Waals surface area contributed by atoms with Crippen molar-refractivity contribution in [3.8, 4) is 5.69 Å². The quantitative estimate of drug-likeness (QED) is 0.770. The largest absolute Gasteiger partial charge is 0.346 e. The van der Waals surface area contributed by atoms with Gasteiger partial charge in [-0.25, -0.2) is 9.67 Å². The molecule has 0 atom stereocenters. The molecule has 2 N–H and O–H groups in total. The van der Waals surface area contributed by atoms with Gasteiger partial charge in [-0.1, -0.05) is 30.3 Å². The van der Waals surface area contributed by atoms with E-state index in [9.17, 15) is 4.79 Å². The molecular formula is C16H13ClN4O. The van der Waals surface area contributed by atoms with Gasteiger partial charge in [0.1, 0.15) is 5.82 Å². The van der Waals surface area contributed by atoms with Crippen molar-refractivity contribution >= 4 is 30.2 Å². The highest BCUT2D eigenvalue weighted by atomic mass is 35.5. The summed E-state index contributed by atoms with van der Waals surface area (Å²) < 4.78 is 1.40. The Hall–Kier alpha value is -2.79. The highest BCUT2D eigenvalue weighted by Gasteiger charge is 2.04. The molecule has 0 radical (unpaired) electrons. The van der Waals surface area contributed by atoms with Crippen molar-refractivity contribution in [1.82, 2.24) is 14.8 Å². The zero-order chi connectivity index (χ0) is 15.5. The summed E-state index contributed by atoms with van der Waals surface area (Å²) in [6.45, 7) is 3.86. The number of halogens is 1. The van der Waals surface area contributed by atoms with Gasteiger partial charge in [-0.15, -0.1) is 0 Å². The van der Waals surface area contributed by atoms with Gasteiger partial charge in [-0.2, -0.15) is 0 Å². The van der Waals surface area contributed by atoms with Crippen LogP contribution in [0, 0.1) is 0 Å². The van der Waals surface area contributed by atoms with Gasteiger partial charge in [-0.05, 0) is 30.3 Å². The zero-order valence-electron chi connectivity index (χ0n) is 11.6. The van der Waals surface area contributed by atoms with E-state index >= 15 is 0 Å². The van der Waals surface area contributed by atoms with Gasteiger partial charge in [0.05, 0.1) is 16.3 Å². The van der Waals surface area contributed by atoms with Gasteiger partial charge in [-0.3, -0.25) is 9.89 Å². The summed E-state index contributed by atoms with van der Waals surface area (Å²) in [5.41, 5.74) is 0.440. The van der Waals surface area contributed by atoms with Crippen LogP contribution in [-0.4, -0.2) is 14.8 Å². The van der Waals surface area contributed by atoms with Crippen molar-refractivity contribution in [2.24, 2.45) is 0 Å². The Morgan fingerprint density at radius 1 is 1.27 bits per heavy atom. The number of aromatic amines is 1. The summed E-state index contributed by atoms with van der Waals surface area (Å²) in [5, 5.41) is 7.42. The lowest BCUT2D eigenvalue weighted by atomic mass is 10.3. The van der Waals surface area contributed by atoms with E-state index in [0.29, 0.717) is 27.1 Å². The Morgan fingerprint density at radius 2 is 2.14 bits per heavy atom. The Bertz CT molecular complexity index is 960. The van der Waals surface area contributed by atoms with Gasteiger partial charge < -0.3 is 5.32 Å². The molecule has 3 aromatic rings. The van der Waals surface area contributed by atoms with Crippen LogP contribution < -0.4 is 21.4 Å². The van der Waals surface area contributed by atoms with Gasteiger partial charge in [0.25, 0.3) is 5.56 Å². The van der Waals surface area contributed by atoms with E-state index in [-0.39, 0.29) is 5.56 Å². The van der Waals surface area contributed by atoms with Gasteiger partial charge in [0, 0.05) is 17.4 Å². The predicted octanol–water partition coefficient (Wildman–Crippen LogP) is 1.47. The first-order chi connectivity index (χ1) is 10.6. The fraction of sp³-hybridized carbons (Fsp3) is 0. The summed E-state index contributed by atoms with van der Waals surface area (Å²) in [5.74, 6) is 0.650. The minimum Gasteiger partial charge on any atom is -0.346 e. The minimum absolute atomic E-state index is 0.212. The van der Waals surface area contributed by atoms with Crippen LogP contribution >= 0.6 is 11.6 Å². The van der Waals surface area contributed by atoms with E-state index in [2.05, 4.69) is 22.0 Å². The monoisotopic (exact) mass is 312 g/mol. The molecule has 3 rings (SSSR count). The minimum atomic E-state index is -0.212. The third kappa shape index (κ3) is 2.80. The maximum atomic E-state index is 12.5. The SMILES string of the molecule is C=c1[nH]n(-c2cccc(Cl)c2)c(=O)c1=CNc1ccccn1. The summed E-state index contributed by atoms with van der Waals surface area (Å²) in [6, 6.07) is 12.5. The fourth-order valence-electron chi connectivity index (χ4n) is 2.04. The van der Waals surface area contributed by atoms with E-state index < -0.39 is 0 Å². The van der Waals surface area contributed by atoms with Crippen LogP contribution in [0.2, 0.25) is 5.02 Å². The number of hydrogen-bond donors (Lipinski definition) is 2. The topological polar surface area (TPSA) is 62.7 Å². The second-order valence-electron chi connectivity index (χ2n) is 4.63. The first-order valence-corrected chi connectivity index (χ1v) is 6.96. The number of nitrogens with zero attached hydrogens (tertiary/aromatic N) is 2. The maximum Gasteiger partial charge on any atom is 0.280 e. The van der Waals surface area contributed by atoms with E-state index in [0.717, 1.165) is 0 Å². The van der Waals surface area contributed by atoms with E-state index in [1.807, 2.05) is 12.1 Å². The second kappa shape index (κ2) is 5.91. The average Bonchev–Trinajstić information content (AvgIpc) is 2.81. The molecule has 0 aliphatic rings. The van der Waals surface area contributed by atoms with Crippen LogP contribution in [0.4, 0.5) is 5.82 Å². The van der Waals surface area contributed by atoms with Crippen LogP contribution in [0.1, 0.15) is 0 Å². The molecule has 2 aromatic heterocycles. The summed E-state index contributed by atoms with van der Waals surface area (Å²) in [4.78, 5) is 16.6. The average molecular weight is 313 g/mol. The van der Waals surface area contributed by atoms with Crippen LogP contribution in [-0.2, 0) is 0 Å². The van der Waals surface area contributed by atoms with Crippen LogP contribution in [0.15, 0.2) is 53.5 Å². The number of pyridine rings is 1. The van der Waals surface area contributed by atoms with Crippen molar-refractivity contribution in [1.29, 1.82) is 0 Å². The maximum absolute atomic E-state index is 12.5. The third-order valence-corrected chi connectivity index (χ3v) is 3.34. The molecule has 0 bridgehead atoms. The van der Waals surface area contributed by atoms with Crippen LogP contribution in [0.25, 0.3) is 18.5 Å². The first kappa shape index (κ1) is 14.2. The number of anilines is 1. The lowest BCUT2D eigenvalue weighted by molar-refractivity contribution is 0.838. The normalized spacial score (nSPS) is 11.6. The number of aromatic nitrogens is 3. The molecule has 0 fully saturated rings. The standard InChI is InChI=1S/C16H13ClN4O/c1-11-14(10-19-15-7-2-3-8-18-15)16(22)21(20-11)13-6-4-5-12(17)9-13/h2-10,20H,1H2,(H,18,19). The van der Waals surface area contributed by atoms with Gasteiger partial charge >= 0.3 is 0 Å². The van der Waals surface area contributed by atoms with E-state index in [4.69, 9.17) is 11.6 Å². The molecule has 1 aromatic carbocycles. The van der Waals surface area contributed by atoms with E-state index in [1.165, 1.54) is 4.68 Å². The molecule has 0 saturated heterocycles. The number of H-pyrrole nitrogens is 1. The van der Waals surface area contributed by atoms with E-state index in [1.54, 1.807) is 42.7 Å². The molecule has 6 heteroatoms. The van der Waals surface area contributed by atoms with Crippen LogP contribution in [0.3, 0.4) is 0 Å². The first-order valence-electron chi connectivity index (χ1n) is 6.59. The fourth-order valence-corrected chi connectivity index (χ4v) is 2.22. The Kier molecular flexibility index (Phi) is 3.80. The Morgan fingerprint density at radius 3 is 2.86 bits per heavy atom. The summed E-state index contributed by atoms with van der Waals surface area (Å²) >= 11 is 5.96. The highest BCUT2D eigenvalue weighted by Crippen LogP contribution is 2.11. The lowest BCUT2D eigenvalue weighted by Gasteiger charge is -2.00. The molecular weight excluding hydrogens is 300 g/mol. The molecule has 22 heavy (non-hydrogen) atoms. The lowest BCUT2D eigenvalue weighted by Crippen LogP contribution is -2.34. The number of benzene rings is 1. The number of hydrogen-bond acceptors (Lipinski definition) is 3.